The molecule has 4 rings (SSSR count). The molecule has 0 aromatic heterocycles. The van der Waals surface area contributed by atoms with Crippen molar-refractivity contribution < 1.29 is 0 Å². The molecule has 2 nitrogen and oxygen atoms in total. The van der Waals surface area contributed by atoms with Crippen molar-refractivity contribution in [3.05, 3.63) is 54.6 Å². The van der Waals surface area contributed by atoms with Gasteiger partial charge in [-0.15, -0.1) is 0 Å². The average Bonchev–Trinajstić information content (AvgIpc) is 2.54. The Bertz CT molecular complexity index is 870. The van der Waals surface area contributed by atoms with Gasteiger partial charge in [-0.2, -0.15) is 0 Å². The van der Waals surface area contributed by atoms with E-state index in [4.69, 9.17) is 0 Å². The SMILES string of the molecule is CN(C)c1ccc2c(c1)Sc1ccc3ccccc3c1N2C. The van der Waals surface area contributed by atoms with Crippen LogP contribution < -0.4 is 9.80 Å². The monoisotopic (exact) mass is 306 g/mol. The first-order valence-corrected chi connectivity index (χ1v) is 8.21. The normalized spacial score (nSPS) is 13.0. The van der Waals surface area contributed by atoms with Crippen LogP contribution in [0.2, 0.25) is 0 Å². The second-order valence-corrected chi connectivity index (χ2v) is 6.92. The van der Waals surface area contributed by atoms with E-state index in [9.17, 15) is 0 Å². The zero-order valence-electron chi connectivity index (χ0n) is 13.0. The lowest BCUT2D eigenvalue weighted by Gasteiger charge is -2.31. The molecule has 3 aromatic rings. The van der Waals surface area contributed by atoms with Gasteiger partial charge in [0.15, 0.2) is 0 Å². The van der Waals surface area contributed by atoms with E-state index in [0.717, 1.165) is 0 Å². The summed E-state index contributed by atoms with van der Waals surface area (Å²) in [5, 5.41) is 2.61. The van der Waals surface area contributed by atoms with Gasteiger partial charge < -0.3 is 9.80 Å². The topological polar surface area (TPSA) is 6.48 Å². The van der Waals surface area contributed by atoms with E-state index in [1.807, 2.05) is 11.8 Å². The number of benzene rings is 3. The Hall–Kier alpha value is -2.13. The van der Waals surface area contributed by atoms with Crippen molar-refractivity contribution in [1.82, 2.24) is 0 Å². The van der Waals surface area contributed by atoms with Crippen LogP contribution in [0.5, 0.6) is 0 Å². The molecule has 0 saturated heterocycles. The highest BCUT2D eigenvalue weighted by Crippen LogP contribution is 2.50. The molecule has 1 aliphatic heterocycles. The molecule has 0 fully saturated rings. The Kier molecular flexibility index (Phi) is 3.05. The highest BCUT2D eigenvalue weighted by molar-refractivity contribution is 7.99. The van der Waals surface area contributed by atoms with Crippen LogP contribution in [0.3, 0.4) is 0 Å². The number of hydrogen-bond acceptors (Lipinski definition) is 3. The summed E-state index contributed by atoms with van der Waals surface area (Å²) >= 11 is 1.86. The Balaban J connectivity index is 1.92. The smallest absolute Gasteiger partial charge is 0.0629 e. The molecule has 0 unspecified atom stereocenters. The van der Waals surface area contributed by atoms with Crippen molar-refractivity contribution in [1.29, 1.82) is 0 Å². The van der Waals surface area contributed by atoms with Gasteiger partial charge in [0.05, 0.1) is 11.4 Å². The fourth-order valence-electron chi connectivity index (χ4n) is 3.04. The maximum absolute atomic E-state index is 2.32. The molecule has 0 atom stereocenters. The quantitative estimate of drug-likeness (QED) is 0.615. The third-order valence-corrected chi connectivity index (χ3v) is 5.34. The molecule has 0 aliphatic carbocycles. The zero-order valence-corrected chi connectivity index (χ0v) is 13.8. The minimum atomic E-state index is 1.24. The van der Waals surface area contributed by atoms with Gasteiger partial charge >= 0.3 is 0 Å². The van der Waals surface area contributed by atoms with Crippen molar-refractivity contribution in [3.63, 3.8) is 0 Å². The lowest BCUT2D eigenvalue weighted by atomic mass is 10.1. The minimum absolute atomic E-state index is 1.24. The lowest BCUT2D eigenvalue weighted by Crippen LogP contribution is -2.16. The van der Waals surface area contributed by atoms with E-state index in [-0.39, 0.29) is 0 Å². The van der Waals surface area contributed by atoms with E-state index in [1.54, 1.807) is 0 Å². The Labute approximate surface area is 135 Å². The fourth-order valence-corrected chi connectivity index (χ4v) is 4.25. The molecular weight excluding hydrogens is 288 g/mol. The van der Waals surface area contributed by atoms with Gasteiger partial charge in [-0.05, 0) is 29.7 Å². The maximum Gasteiger partial charge on any atom is 0.0629 e. The van der Waals surface area contributed by atoms with E-state index in [1.165, 1.54) is 37.6 Å². The average molecular weight is 306 g/mol. The number of anilines is 3. The minimum Gasteiger partial charge on any atom is -0.378 e. The summed E-state index contributed by atoms with van der Waals surface area (Å²) in [6.07, 6.45) is 0. The van der Waals surface area contributed by atoms with Crippen molar-refractivity contribution in [3.8, 4) is 0 Å². The molecule has 3 aromatic carbocycles. The van der Waals surface area contributed by atoms with Gasteiger partial charge in [0.2, 0.25) is 0 Å². The van der Waals surface area contributed by atoms with E-state index < -0.39 is 0 Å². The maximum atomic E-state index is 2.32. The van der Waals surface area contributed by atoms with Crippen molar-refractivity contribution in [2.24, 2.45) is 0 Å². The molecule has 22 heavy (non-hydrogen) atoms. The molecule has 0 spiro atoms. The summed E-state index contributed by atoms with van der Waals surface area (Å²) in [5.74, 6) is 0. The molecule has 0 saturated carbocycles. The standard InChI is InChI=1S/C19H18N2S/c1-20(2)14-9-10-16-18(12-14)22-17-11-8-13-6-4-5-7-15(13)19(17)21(16)3/h4-12H,1-3H3. The first-order valence-electron chi connectivity index (χ1n) is 7.40. The Morgan fingerprint density at radius 3 is 2.55 bits per heavy atom. The van der Waals surface area contributed by atoms with Crippen LogP contribution in [-0.2, 0) is 0 Å². The van der Waals surface area contributed by atoms with Gasteiger partial charge in [-0.3, -0.25) is 0 Å². The second-order valence-electron chi connectivity index (χ2n) is 5.84. The zero-order chi connectivity index (χ0) is 15.3. The number of fused-ring (bicyclic) bond motifs is 4. The predicted molar refractivity (Wildman–Crippen MR) is 96.9 cm³/mol. The molecule has 0 bridgehead atoms. The molecule has 1 aliphatic rings. The van der Waals surface area contributed by atoms with Crippen LogP contribution in [0.25, 0.3) is 10.8 Å². The van der Waals surface area contributed by atoms with Crippen LogP contribution in [0.15, 0.2) is 64.4 Å². The van der Waals surface area contributed by atoms with Gasteiger partial charge in [-0.1, -0.05) is 42.1 Å². The van der Waals surface area contributed by atoms with Gasteiger partial charge in [0.25, 0.3) is 0 Å². The van der Waals surface area contributed by atoms with E-state index in [2.05, 4.69) is 85.5 Å². The molecule has 1 heterocycles. The van der Waals surface area contributed by atoms with Gasteiger partial charge in [0, 0.05) is 42.0 Å². The van der Waals surface area contributed by atoms with Crippen molar-refractivity contribution in [2.45, 2.75) is 9.79 Å². The molecular formula is C19H18N2S. The Morgan fingerprint density at radius 1 is 0.909 bits per heavy atom. The summed E-state index contributed by atoms with van der Waals surface area (Å²) in [4.78, 5) is 7.11. The van der Waals surface area contributed by atoms with E-state index >= 15 is 0 Å². The van der Waals surface area contributed by atoms with E-state index in [0.29, 0.717) is 0 Å². The van der Waals surface area contributed by atoms with Crippen molar-refractivity contribution >= 4 is 39.6 Å². The highest BCUT2D eigenvalue weighted by Gasteiger charge is 2.23. The number of nitrogens with zero attached hydrogens (tertiary/aromatic N) is 2. The van der Waals surface area contributed by atoms with Gasteiger partial charge in [0.1, 0.15) is 0 Å². The summed E-state index contributed by atoms with van der Waals surface area (Å²) < 4.78 is 0. The van der Waals surface area contributed by atoms with Gasteiger partial charge in [-0.25, -0.2) is 0 Å². The van der Waals surface area contributed by atoms with Crippen LogP contribution in [-0.4, -0.2) is 21.1 Å². The third kappa shape index (κ3) is 1.97. The summed E-state index contributed by atoms with van der Waals surface area (Å²) in [7, 11) is 6.33. The molecule has 0 radical (unpaired) electrons. The van der Waals surface area contributed by atoms with Crippen LogP contribution in [0.4, 0.5) is 17.1 Å². The first kappa shape index (κ1) is 13.5. The largest absolute Gasteiger partial charge is 0.378 e. The molecule has 0 amide bonds. The predicted octanol–water partition coefficient (Wildman–Crippen LogP) is 5.14. The fraction of sp³-hybridized carbons (Fsp3) is 0.158. The van der Waals surface area contributed by atoms with Crippen LogP contribution in [0, 0.1) is 0 Å². The summed E-state index contributed by atoms with van der Waals surface area (Å²) in [6.45, 7) is 0. The number of rotatable bonds is 1. The van der Waals surface area contributed by atoms with Crippen molar-refractivity contribution in [2.75, 3.05) is 30.9 Å². The van der Waals surface area contributed by atoms with Crippen LogP contribution in [0.1, 0.15) is 0 Å². The Morgan fingerprint density at radius 2 is 1.73 bits per heavy atom. The second kappa shape index (κ2) is 4.96. The molecule has 110 valence electrons. The summed E-state index contributed by atoms with van der Waals surface area (Å²) in [6, 6.07) is 19.7. The highest BCUT2D eigenvalue weighted by atomic mass is 32.2. The molecule has 3 heteroatoms. The first-order chi connectivity index (χ1) is 10.6. The molecule has 0 N–H and O–H groups in total. The van der Waals surface area contributed by atoms with Crippen LogP contribution >= 0.6 is 11.8 Å². The summed E-state index contributed by atoms with van der Waals surface area (Å²) in [5.41, 5.74) is 3.83. The third-order valence-electron chi connectivity index (χ3n) is 4.24. The number of hydrogen-bond donors (Lipinski definition) is 0. The lowest BCUT2D eigenvalue weighted by molar-refractivity contribution is 1.09.